The molecule has 0 amide bonds. The normalized spacial score (nSPS) is 12.0. The van der Waals surface area contributed by atoms with Gasteiger partial charge in [0, 0.05) is 38.2 Å². The first kappa shape index (κ1) is 30.5. The Balaban J connectivity index is 0.000000877. The summed E-state index contributed by atoms with van der Waals surface area (Å²) >= 11 is 0. The summed E-state index contributed by atoms with van der Waals surface area (Å²) in [7, 11) is -0.0789. The third kappa shape index (κ3) is 11.5. The Kier molecular flexibility index (Phi) is 10.1. The highest BCUT2D eigenvalue weighted by molar-refractivity contribution is 7.97. The van der Waals surface area contributed by atoms with E-state index in [9.17, 15) is 0 Å². The van der Waals surface area contributed by atoms with Crippen molar-refractivity contribution < 1.29 is 22.4 Å². The van der Waals surface area contributed by atoms with Crippen molar-refractivity contribution in [2.75, 3.05) is 25.3 Å². The molecule has 0 bridgehead atoms. The number of rotatable bonds is 6. The van der Waals surface area contributed by atoms with Gasteiger partial charge in [0.1, 0.15) is 22.7 Å². The van der Waals surface area contributed by atoms with E-state index in [4.69, 9.17) is 22.4 Å². The summed E-state index contributed by atoms with van der Waals surface area (Å²) in [6, 6.07) is 25.8. The fraction of sp³-hybridized carbons (Fsp3) is 0.379. The van der Waals surface area contributed by atoms with Gasteiger partial charge in [0.05, 0.1) is 21.0 Å². The summed E-state index contributed by atoms with van der Waals surface area (Å²) in [5, 5.41) is 0. The van der Waals surface area contributed by atoms with E-state index >= 15 is 0 Å². The van der Waals surface area contributed by atoms with Gasteiger partial charge in [-0.05, 0) is 90.1 Å². The smallest absolute Gasteiger partial charge is 0.170 e. The molecule has 6 nitrogen and oxygen atoms in total. The van der Waals surface area contributed by atoms with Crippen LogP contribution < -0.4 is 14.4 Å². The second-order valence-electron chi connectivity index (χ2n) is 10.8. The Morgan fingerprint density at radius 2 is 1.08 bits per heavy atom. The monoisotopic (exact) mass is 545 g/mol. The second-order valence-corrected chi connectivity index (χ2v) is 14.2. The Bertz CT molecular complexity index is 1190. The van der Waals surface area contributed by atoms with E-state index < -0.39 is 10.1 Å². The van der Waals surface area contributed by atoms with E-state index in [1.165, 1.54) is 20.4 Å². The van der Waals surface area contributed by atoms with E-state index in [1.807, 2.05) is 12.1 Å². The van der Waals surface area contributed by atoms with Crippen LogP contribution in [0.2, 0.25) is 0 Å². The highest BCUT2D eigenvalue weighted by Crippen LogP contribution is 2.36. The van der Waals surface area contributed by atoms with Crippen molar-refractivity contribution in [1.29, 1.82) is 0 Å². The molecule has 0 saturated heterocycles. The fourth-order valence-electron chi connectivity index (χ4n) is 3.33. The molecule has 0 spiro atoms. The van der Waals surface area contributed by atoms with Crippen LogP contribution in [0.1, 0.15) is 41.5 Å². The van der Waals surface area contributed by atoms with Crippen LogP contribution in [0.4, 0.5) is 5.69 Å². The van der Waals surface area contributed by atoms with Crippen molar-refractivity contribution in [1.82, 2.24) is 0 Å². The van der Waals surface area contributed by atoms with Crippen LogP contribution in [0, 0.1) is 0 Å². The van der Waals surface area contributed by atoms with Gasteiger partial charge in [0.25, 0.3) is 0 Å². The predicted molar refractivity (Wildman–Crippen MR) is 152 cm³/mol. The lowest BCUT2D eigenvalue weighted by Crippen LogP contribution is -2.23. The van der Waals surface area contributed by atoms with E-state index in [-0.39, 0.29) is 22.1 Å². The summed E-state index contributed by atoms with van der Waals surface area (Å²) in [5.41, 5.74) is 0.697. The standard InChI is InChI=1S/C28H36NO2S.CH4O3S/c1-27(2,3)30-22-11-9-13-25(19-22)32(24-17-15-21(16-18-24)29(7)8)26-14-10-12-23(20-26)31-28(4,5)6;1-5(2,3)4/h9-20H,1-8H3;1H3,(H,2,3,4)/q+1;/p-1. The van der Waals surface area contributed by atoms with Crippen molar-refractivity contribution in [3.63, 3.8) is 0 Å². The fourth-order valence-corrected chi connectivity index (χ4v) is 5.45. The summed E-state index contributed by atoms with van der Waals surface area (Å²) in [4.78, 5) is 5.82. The second kappa shape index (κ2) is 12.2. The maximum atomic E-state index is 9.08. The quantitative estimate of drug-likeness (QED) is 0.265. The molecule has 202 valence electrons. The Hall–Kier alpha value is -2.68. The number of hydrogen-bond acceptors (Lipinski definition) is 6. The molecular weight excluding hydrogens is 506 g/mol. The highest BCUT2D eigenvalue weighted by Gasteiger charge is 2.30. The molecule has 0 aliphatic carbocycles. The van der Waals surface area contributed by atoms with Crippen LogP contribution >= 0.6 is 0 Å². The molecule has 0 saturated carbocycles. The molecule has 3 aromatic rings. The van der Waals surface area contributed by atoms with Gasteiger partial charge in [-0.25, -0.2) is 8.42 Å². The van der Waals surface area contributed by atoms with Gasteiger partial charge >= 0.3 is 0 Å². The summed E-state index contributed by atoms with van der Waals surface area (Å²) < 4.78 is 39.6. The molecule has 8 heteroatoms. The molecule has 0 fully saturated rings. The van der Waals surface area contributed by atoms with Gasteiger partial charge in [-0.15, -0.1) is 0 Å². The lowest BCUT2D eigenvalue weighted by Gasteiger charge is -2.22. The molecule has 37 heavy (non-hydrogen) atoms. The SMILES string of the molecule is CN(C)c1ccc([S+](c2cccc(OC(C)(C)C)c2)c2cccc(OC(C)(C)C)c2)cc1.CS(=O)(=O)[O-]. The van der Waals surface area contributed by atoms with Crippen molar-refractivity contribution in [3.05, 3.63) is 72.8 Å². The Morgan fingerprint density at radius 1 is 0.703 bits per heavy atom. The van der Waals surface area contributed by atoms with E-state index in [0.717, 1.165) is 11.5 Å². The largest absolute Gasteiger partial charge is 0.748 e. The zero-order chi connectivity index (χ0) is 28.0. The first-order chi connectivity index (χ1) is 16.9. The molecule has 0 aliphatic heterocycles. The Labute approximate surface area is 225 Å². The average molecular weight is 546 g/mol. The molecule has 0 N–H and O–H groups in total. The van der Waals surface area contributed by atoms with Gasteiger partial charge < -0.3 is 18.9 Å². The molecule has 0 radical (unpaired) electrons. The van der Waals surface area contributed by atoms with Gasteiger partial charge in [-0.2, -0.15) is 0 Å². The molecule has 0 unspecified atom stereocenters. The third-order valence-electron chi connectivity index (χ3n) is 4.52. The number of ether oxygens (including phenoxy) is 2. The zero-order valence-corrected chi connectivity index (χ0v) is 24.9. The molecule has 3 rings (SSSR count). The van der Waals surface area contributed by atoms with Crippen LogP contribution in [0.3, 0.4) is 0 Å². The third-order valence-corrected chi connectivity index (χ3v) is 6.71. The molecule has 0 heterocycles. The van der Waals surface area contributed by atoms with Gasteiger partial charge in [0.15, 0.2) is 14.7 Å². The van der Waals surface area contributed by atoms with Crippen LogP contribution in [0.25, 0.3) is 0 Å². The van der Waals surface area contributed by atoms with E-state index in [1.54, 1.807) is 0 Å². The molecule has 0 atom stereocenters. The predicted octanol–water partition coefficient (Wildman–Crippen LogP) is 6.36. The van der Waals surface area contributed by atoms with E-state index in [0.29, 0.717) is 6.26 Å². The number of anilines is 1. The minimum Gasteiger partial charge on any atom is -0.748 e. The topological polar surface area (TPSA) is 78.9 Å². The summed E-state index contributed by atoms with van der Waals surface area (Å²) in [6.45, 7) is 12.5. The van der Waals surface area contributed by atoms with Crippen LogP contribution in [-0.4, -0.2) is 44.5 Å². The van der Waals surface area contributed by atoms with Crippen molar-refractivity contribution in [2.24, 2.45) is 0 Å². The highest BCUT2D eigenvalue weighted by atomic mass is 32.2. The van der Waals surface area contributed by atoms with Crippen molar-refractivity contribution in [3.8, 4) is 11.5 Å². The maximum absolute atomic E-state index is 9.08. The number of nitrogens with zero attached hydrogens (tertiary/aromatic N) is 1. The number of hydrogen-bond donors (Lipinski definition) is 0. The van der Waals surface area contributed by atoms with E-state index in [2.05, 4.69) is 121 Å². The maximum Gasteiger partial charge on any atom is 0.170 e. The van der Waals surface area contributed by atoms with Crippen LogP contribution in [0.15, 0.2) is 87.5 Å². The summed E-state index contributed by atoms with van der Waals surface area (Å²) in [6.07, 6.45) is 0.604. The Morgan fingerprint density at radius 3 is 1.41 bits per heavy atom. The zero-order valence-electron chi connectivity index (χ0n) is 23.2. The first-order valence-corrected chi connectivity index (χ1v) is 15.0. The van der Waals surface area contributed by atoms with Crippen LogP contribution in [0.5, 0.6) is 11.5 Å². The molecular formula is C29H39NO5S2. The molecule has 0 aliphatic rings. The number of benzene rings is 3. The van der Waals surface area contributed by atoms with Crippen molar-refractivity contribution >= 4 is 26.7 Å². The van der Waals surface area contributed by atoms with Gasteiger partial charge in [-0.1, -0.05) is 12.1 Å². The molecule has 0 aromatic heterocycles. The van der Waals surface area contributed by atoms with Gasteiger partial charge in [0.2, 0.25) is 0 Å². The van der Waals surface area contributed by atoms with Crippen LogP contribution in [-0.2, 0) is 21.0 Å². The minimum atomic E-state index is -3.92. The molecule has 3 aromatic carbocycles. The average Bonchev–Trinajstić information content (AvgIpc) is 2.71. The minimum absolute atomic E-state index is 0.245. The lowest BCUT2D eigenvalue weighted by atomic mass is 10.2. The first-order valence-electron chi connectivity index (χ1n) is 11.9. The van der Waals surface area contributed by atoms with Gasteiger partial charge in [-0.3, -0.25) is 0 Å². The summed E-state index contributed by atoms with van der Waals surface area (Å²) in [5.74, 6) is 1.78. The van der Waals surface area contributed by atoms with Crippen molar-refractivity contribution in [2.45, 2.75) is 67.4 Å². The lowest BCUT2D eigenvalue weighted by molar-refractivity contribution is 0.130.